The highest BCUT2D eigenvalue weighted by atomic mass is 16.2. The van der Waals surface area contributed by atoms with E-state index in [1.165, 1.54) is 16.2 Å². The fourth-order valence-corrected chi connectivity index (χ4v) is 3.73. The molecule has 0 saturated carbocycles. The molecule has 0 spiro atoms. The maximum Gasteiger partial charge on any atom is 0.324 e. The van der Waals surface area contributed by atoms with E-state index >= 15 is 0 Å². The summed E-state index contributed by atoms with van der Waals surface area (Å²) in [7, 11) is 0. The average Bonchev–Trinajstić information content (AvgIpc) is 3.06. The summed E-state index contributed by atoms with van der Waals surface area (Å²) in [6, 6.07) is 15.2. The van der Waals surface area contributed by atoms with Gasteiger partial charge in [-0.15, -0.1) is 0 Å². The Balaban J connectivity index is 1.35. The first-order valence-electron chi connectivity index (χ1n) is 9.79. The van der Waals surface area contributed by atoms with Gasteiger partial charge in [0.1, 0.15) is 0 Å². The molecule has 4 rings (SSSR count). The zero-order valence-electron chi connectivity index (χ0n) is 16.4. The predicted molar refractivity (Wildman–Crippen MR) is 110 cm³/mol. The number of carbonyl (C=O) groups excluding carboxylic acids is 3. The van der Waals surface area contributed by atoms with E-state index in [0.717, 1.165) is 18.7 Å². The maximum absolute atomic E-state index is 12.8. The molecule has 7 nitrogen and oxygen atoms in total. The van der Waals surface area contributed by atoms with Gasteiger partial charge in [0.2, 0.25) is 5.91 Å². The van der Waals surface area contributed by atoms with Crippen LogP contribution in [0.3, 0.4) is 0 Å². The van der Waals surface area contributed by atoms with Crippen LogP contribution in [0.25, 0.3) is 0 Å². The van der Waals surface area contributed by atoms with Gasteiger partial charge in [-0.2, -0.15) is 0 Å². The average molecular weight is 392 g/mol. The van der Waals surface area contributed by atoms with Crippen LogP contribution in [-0.4, -0.2) is 60.4 Å². The molecule has 2 fully saturated rings. The molecule has 0 unspecified atom stereocenters. The second-order valence-electron chi connectivity index (χ2n) is 7.45. The van der Waals surface area contributed by atoms with E-state index in [-0.39, 0.29) is 30.9 Å². The summed E-state index contributed by atoms with van der Waals surface area (Å²) in [6.45, 7) is 5.31. The van der Waals surface area contributed by atoms with E-state index in [2.05, 4.69) is 41.4 Å². The topological polar surface area (TPSA) is 73.0 Å². The third kappa shape index (κ3) is 4.08. The molecule has 150 valence electrons. The smallest absolute Gasteiger partial charge is 0.324 e. The van der Waals surface area contributed by atoms with Gasteiger partial charge in [-0.25, -0.2) is 4.79 Å². The van der Waals surface area contributed by atoms with Crippen molar-refractivity contribution in [2.75, 3.05) is 37.6 Å². The number of amides is 4. The number of aryl methyl sites for hydroxylation is 1. The minimum absolute atomic E-state index is 0.00966. The van der Waals surface area contributed by atoms with E-state index in [1.54, 1.807) is 24.3 Å². The molecule has 0 aromatic heterocycles. The highest BCUT2D eigenvalue weighted by Crippen LogP contribution is 2.19. The van der Waals surface area contributed by atoms with Crippen molar-refractivity contribution in [3.8, 4) is 0 Å². The Kier molecular flexibility index (Phi) is 5.20. The minimum Gasteiger partial charge on any atom is -0.368 e. The van der Waals surface area contributed by atoms with Crippen LogP contribution >= 0.6 is 0 Å². The lowest BCUT2D eigenvalue weighted by molar-refractivity contribution is -0.125. The van der Waals surface area contributed by atoms with Crippen LogP contribution in [0.15, 0.2) is 48.5 Å². The highest BCUT2D eigenvalue weighted by Gasteiger charge is 2.28. The number of anilines is 1. The molecule has 1 N–H and O–H groups in total. The van der Waals surface area contributed by atoms with E-state index in [0.29, 0.717) is 18.7 Å². The highest BCUT2D eigenvalue weighted by molar-refractivity contribution is 6.01. The third-order valence-electron chi connectivity index (χ3n) is 5.41. The second-order valence-corrected chi connectivity index (χ2v) is 7.45. The van der Waals surface area contributed by atoms with E-state index in [4.69, 9.17) is 0 Å². The van der Waals surface area contributed by atoms with E-state index in [9.17, 15) is 14.4 Å². The molecule has 0 radical (unpaired) electrons. The van der Waals surface area contributed by atoms with Gasteiger partial charge in [-0.05, 0) is 42.3 Å². The van der Waals surface area contributed by atoms with Crippen molar-refractivity contribution in [1.29, 1.82) is 0 Å². The van der Waals surface area contributed by atoms with Gasteiger partial charge in [0.15, 0.2) is 0 Å². The summed E-state index contributed by atoms with van der Waals surface area (Å²) in [5.41, 5.74) is 3.86. The number of rotatable bonds is 4. The minimum atomic E-state index is -0.373. The number of hydrogen-bond acceptors (Lipinski definition) is 4. The zero-order valence-corrected chi connectivity index (χ0v) is 16.4. The van der Waals surface area contributed by atoms with Crippen molar-refractivity contribution in [2.24, 2.45) is 0 Å². The van der Waals surface area contributed by atoms with Crippen LogP contribution in [0.1, 0.15) is 21.5 Å². The Morgan fingerprint density at radius 3 is 2.34 bits per heavy atom. The van der Waals surface area contributed by atoms with Crippen LogP contribution in [0.2, 0.25) is 0 Å². The zero-order chi connectivity index (χ0) is 20.4. The molecule has 29 heavy (non-hydrogen) atoms. The van der Waals surface area contributed by atoms with Gasteiger partial charge < -0.3 is 15.1 Å². The number of urea groups is 1. The number of imide groups is 1. The van der Waals surface area contributed by atoms with Crippen LogP contribution < -0.4 is 10.2 Å². The Morgan fingerprint density at radius 2 is 1.72 bits per heavy atom. The van der Waals surface area contributed by atoms with E-state index < -0.39 is 0 Å². The van der Waals surface area contributed by atoms with Crippen molar-refractivity contribution >= 4 is 23.5 Å². The molecule has 0 atom stereocenters. The van der Waals surface area contributed by atoms with Gasteiger partial charge in [0.05, 0.1) is 13.1 Å². The van der Waals surface area contributed by atoms with Crippen LogP contribution in [0, 0.1) is 6.92 Å². The lowest BCUT2D eigenvalue weighted by atomic mass is 10.1. The molecule has 2 aliphatic rings. The largest absolute Gasteiger partial charge is 0.368 e. The van der Waals surface area contributed by atoms with Crippen molar-refractivity contribution in [2.45, 2.75) is 13.5 Å². The van der Waals surface area contributed by atoms with Crippen molar-refractivity contribution in [3.63, 3.8) is 0 Å². The maximum atomic E-state index is 12.8. The van der Waals surface area contributed by atoms with Crippen LogP contribution in [-0.2, 0) is 11.3 Å². The van der Waals surface area contributed by atoms with E-state index in [1.807, 2.05) is 4.90 Å². The summed E-state index contributed by atoms with van der Waals surface area (Å²) in [6.07, 6.45) is 0. The second kappa shape index (κ2) is 7.95. The first-order valence-corrected chi connectivity index (χ1v) is 9.79. The summed E-state index contributed by atoms with van der Waals surface area (Å²) >= 11 is 0. The number of benzene rings is 2. The standard InChI is InChI=1S/C22H24N4O3/c1-16-3-2-4-19(13-16)24-9-11-25(12-10-24)21(28)18-7-5-17(6-8-18)15-26-20(27)14-23-22(26)29/h2-8,13H,9-12,14-15H2,1H3,(H,23,29). The third-order valence-corrected chi connectivity index (χ3v) is 5.41. The monoisotopic (exact) mass is 392 g/mol. The molecule has 2 heterocycles. The van der Waals surface area contributed by atoms with Crippen LogP contribution in [0.4, 0.5) is 10.5 Å². The van der Waals surface area contributed by atoms with Gasteiger partial charge in [-0.3, -0.25) is 14.5 Å². The van der Waals surface area contributed by atoms with Gasteiger partial charge in [0, 0.05) is 37.4 Å². The summed E-state index contributed by atoms with van der Waals surface area (Å²) in [5.74, 6) is -0.225. The Hall–Kier alpha value is -3.35. The Bertz CT molecular complexity index is 917. The molecule has 0 aliphatic carbocycles. The SMILES string of the molecule is Cc1cccc(N2CCN(C(=O)c3ccc(CN4C(=O)CNC4=O)cc3)CC2)c1. The molecule has 7 heteroatoms. The lowest BCUT2D eigenvalue weighted by Crippen LogP contribution is -2.48. The van der Waals surface area contributed by atoms with Gasteiger partial charge >= 0.3 is 6.03 Å². The molecule has 2 aliphatic heterocycles. The molecular formula is C22H24N4O3. The molecule has 4 amide bonds. The Morgan fingerprint density at radius 1 is 1.00 bits per heavy atom. The summed E-state index contributed by atoms with van der Waals surface area (Å²) in [5, 5.41) is 2.50. The first-order chi connectivity index (χ1) is 14.0. The van der Waals surface area contributed by atoms with Gasteiger partial charge in [0.25, 0.3) is 5.91 Å². The number of nitrogens with zero attached hydrogens (tertiary/aromatic N) is 3. The quantitative estimate of drug-likeness (QED) is 0.808. The fourth-order valence-electron chi connectivity index (χ4n) is 3.73. The molecule has 2 aromatic carbocycles. The lowest BCUT2D eigenvalue weighted by Gasteiger charge is -2.36. The van der Waals surface area contributed by atoms with Crippen LogP contribution in [0.5, 0.6) is 0 Å². The number of nitrogens with one attached hydrogen (secondary N) is 1. The first kappa shape index (κ1) is 19.0. The fraction of sp³-hybridized carbons (Fsp3) is 0.318. The molecular weight excluding hydrogens is 368 g/mol. The number of piperazine rings is 1. The molecule has 2 aromatic rings. The predicted octanol–water partition coefficient (Wildman–Crippen LogP) is 2.01. The number of hydrogen-bond donors (Lipinski definition) is 1. The summed E-state index contributed by atoms with van der Waals surface area (Å²) in [4.78, 5) is 41.5. The molecule has 0 bridgehead atoms. The number of carbonyl (C=O) groups is 3. The Labute approximate surface area is 169 Å². The van der Waals surface area contributed by atoms with Crippen molar-refractivity contribution < 1.29 is 14.4 Å². The van der Waals surface area contributed by atoms with Crippen molar-refractivity contribution in [1.82, 2.24) is 15.1 Å². The van der Waals surface area contributed by atoms with Crippen molar-refractivity contribution in [3.05, 3.63) is 65.2 Å². The molecule has 2 saturated heterocycles. The summed E-state index contributed by atoms with van der Waals surface area (Å²) < 4.78 is 0. The van der Waals surface area contributed by atoms with Gasteiger partial charge in [-0.1, -0.05) is 24.3 Å². The normalized spacial score (nSPS) is 16.9.